The van der Waals surface area contributed by atoms with E-state index in [2.05, 4.69) is 11.9 Å². The largest absolute Gasteiger partial charge is 0.303 e. The van der Waals surface area contributed by atoms with Crippen molar-refractivity contribution in [2.75, 3.05) is 13.6 Å². The van der Waals surface area contributed by atoms with Crippen molar-refractivity contribution in [1.29, 1.82) is 0 Å². The number of piperidine rings is 1. The molecular weight excluding hydrogens is 162 g/mol. The Morgan fingerprint density at radius 1 is 1.62 bits per heavy atom. The molecule has 0 unspecified atom stereocenters. The van der Waals surface area contributed by atoms with Crippen LogP contribution in [0.2, 0.25) is 0 Å². The molecule has 0 radical (unpaired) electrons. The minimum atomic E-state index is 0.328. The number of fused-ring (bicyclic) bond motifs is 1. The highest BCUT2D eigenvalue weighted by molar-refractivity contribution is 5.94. The number of rotatable bonds is 0. The topological polar surface area (TPSA) is 20.3 Å². The van der Waals surface area contributed by atoms with Crippen LogP contribution in [-0.4, -0.2) is 30.3 Å². The van der Waals surface area contributed by atoms with Gasteiger partial charge in [-0.1, -0.05) is 5.57 Å². The van der Waals surface area contributed by atoms with Crippen LogP contribution in [0, 0.1) is 5.41 Å². The second-order valence-electron chi connectivity index (χ2n) is 4.89. The highest BCUT2D eigenvalue weighted by Crippen LogP contribution is 2.55. The summed E-state index contributed by atoms with van der Waals surface area (Å²) in [6.07, 6.45) is 6.34. The van der Waals surface area contributed by atoms with Gasteiger partial charge in [-0.2, -0.15) is 0 Å². The van der Waals surface area contributed by atoms with E-state index in [0.717, 1.165) is 18.9 Å². The first-order valence-electron chi connectivity index (χ1n) is 5.14. The van der Waals surface area contributed by atoms with Gasteiger partial charge in [0.1, 0.15) is 0 Å². The van der Waals surface area contributed by atoms with Crippen molar-refractivity contribution in [3.05, 3.63) is 11.6 Å². The zero-order chi connectivity index (χ0) is 9.05. The number of likely N-dealkylation sites (tertiary alicyclic amines) is 1. The molecule has 2 nitrogen and oxygen atoms in total. The van der Waals surface area contributed by atoms with Crippen LogP contribution in [0.15, 0.2) is 11.6 Å². The van der Waals surface area contributed by atoms with Crippen molar-refractivity contribution in [2.24, 2.45) is 5.41 Å². The standard InChI is InChI=1S/C11H15NO/c1-12-3-2-11-6-9(12)4-8(11)5-10(13)7-11/h5,9H,2-4,6-7H2,1H3/t9-,11-/m0/s1. The number of ketones is 1. The third kappa shape index (κ3) is 0.896. The third-order valence-corrected chi connectivity index (χ3v) is 4.18. The van der Waals surface area contributed by atoms with Gasteiger partial charge >= 0.3 is 0 Å². The van der Waals surface area contributed by atoms with E-state index in [0.29, 0.717) is 11.2 Å². The van der Waals surface area contributed by atoms with Gasteiger partial charge < -0.3 is 4.90 Å². The summed E-state index contributed by atoms with van der Waals surface area (Å²) < 4.78 is 0. The fraction of sp³-hybridized carbons (Fsp3) is 0.727. The molecule has 1 aliphatic heterocycles. The smallest absolute Gasteiger partial charge is 0.156 e. The molecule has 3 aliphatic rings. The van der Waals surface area contributed by atoms with E-state index in [1.165, 1.54) is 25.0 Å². The lowest BCUT2D eigenvalue weighted by molar-refractivity contribution is -0.115. The summed E-state index contributed by atoms with van der Waals surface area (Å²) in [7, 11) is 2.21. The van der Waals surface area contributed by atoms with E-state index >= 15 is 0 Å². The van der Waals surface area contributed by atoms with Crippen LogP contribution in [0.5, 0.6) is 0 Å². The number of carbonyl (C=O) groups excluding carboxylic acids is 1. The first-order valence-corrected chi connectivity index (χ1v) is 5.14. The maximum Gasteiger partial charge on any atom is 0.156 e. The van der Waals surface area contributed by atoms with E-state index < -0.39 is 0 Å². The zero-order valence-corrected chi connectivity index (χ0v) is 8.05. The molecule has 70 valence electrons. The summed E-state index contributed by atoms with van der Waals surface area (Å²) in [5.41, 5.74) is 1.79. The second kappa shape index (κ2) is 2.24. The van der Waals surface area contributed by atoms with Crippen molar-refractivity contribution >= 4 is 5.78 Å². The molecule has 0 aromatic rings. The van der Waals surface area contributed by atoms with Crippen LogP contribution in [0.3, 0.4) is 0 Å². The van der Waals surface area contributed by atoms with Crippen molar-refractivity contribution in [1.82, 2.24) is 4.90 Å². The number of hydrogen-bond donors (Lipinski definition) is 0. The summed E-state index contributed by atoms with van der Waals surface area (Å²) in [6.45, 7) is 1.18. The Balaban J connectivity index is 2.00. The molecule has 1 saturated carbocycles. The number of allylic oxidation sites excluding steroid dienone is 1. The number of hydrogen-bond acceptors (Lipinski definition) is 2. The quantitative estimate of drug-likeness (QED) is 0.557. The van der Waals surface area contributed by atoms with Gasteiger partial charge in [-0.15, -0.1) is 0 Å². The van der Waals surface area contributed by atoms with Gasteiger partial charge in [-0.3, -0.25) is 4.79 Å². The van der Waals surface area contributed by atoms with Crippen LogP contribution in [0.25, 0.3) is 0 Å². The Morgan fingerprint density at radius 3 is 3.31 bits per heavy atom. The van der Waals surface area contributed by atoms with E-state index in [4.69, 9.17) is 0 Å². The fourth-order valence-electron chi connectivity index (χ4n) is 3.34. The Labute approximate surface area is 78.6 Å². The molecule has 0 N–H and O–H groups in total. The second-order valence-corrected chi connectivity index (χ2v) is 4.89. The Bertz CT molecular complexity index is 307. The molecule has 1 heterocycles. The van der Waals surface area contributed by atoms with Crippen LogP contribution >= 0.6 is 0 Å². The lowest BCUT2D eigenvalue weighted by Crippen LogP contribution is -2.38. The SMILES string of the molecule is CN1CC[C@]23CC(=O)C=C2C[C@H]1C3. The molecule has 1 saturated heterocycles. The molecule has 0 aromatic heterocycles. The minimum Gasteiger partial charge on any atom is -0.303 e. The summed E-state index contributed by atoms with van der Waals surface area (Å²) in [5.74, 6) is 0.373. The van der Waals surface area contributed by atoms with Crippen molar-refractivity contribution in [3.8, 4) is 0 Å². The Hall–Kier alpha value is -0.630. The predicted octanol–water partition coefficient (Wildman–Crippen LogP) is 1.37. The molecule has 13 heavy (non-hydrogen) atoms. The lowest BCUT2D eigenvalue weighted by Gasteiger charge is -2.36. The molecule has 1 spiro atoms. The highest BCUT2D eigenvalue weighted by atomic mass is 16.1. The Morgan fingerprint density at radius 2 is 2.46 bits per heavy atom. The molecule has 0 amide bonds. The third-order valence-electron chi connectivity index (χ3n) is 4.18. The van der Waals surface area contributed by atoms with E-state index in [1.807, 2.05) is 6.08 Å². The molecule has 2 aliphatic carbocycles. The molecule has 2 atom stereocenters. The first-order chi connectivity index (χ1) is 6.20. The zero-order valence-electron chi connectivity index (χ0n) is 8.05. The van der Waals surface area contributed by atoms with Gasteiger partial charge in [0.05, 0.1) is 0 Å². The molecule has 3 rings (SSSR count). The van der Waals surface area contributed by atoms with Gasteiger partial charge in [0, 0.05) is 17.9 Å². The van der Waals surface area contributed by atoms with Gasteiger partial charge in [0.15, 0.2) is 5.78 Å². The summed E-state index contributed by atoms with van der Waals surface area (Å²) >= 11 is 0. The average molecular weight is 177 g/mol. The van der Waals surface area contributed by atoms with Crippen LogP contribution in [0.4, 0.5) is 0 Å². The summed E-state index contributed by atoms with van der Waals surface area (Å²) in [5, 5.41) is 0. The van der Waals surface area contributed by atoms with Crippen LogP contribution < -0.4 is 0 Å². The Kier molecular flexibility index (Phi) is 1.33. The van der Waals surface area contributed by atoms with Gasteiger partial charge in [-0.25, -0.2) is 0 Å². The van der Waals surface area contributed by atoms with Crippen LogP contribution in [0.1, 0.15) is 25.7 Å². The summed E-state index contributed by atoms with van der Waals surface area (Å²) in [6, 6.07) is 0.730. The van der Waals surface area contributed by atoms with E-state index in [9.17, 15) is 4.79 Å². The lowest BCUT2D eigenvalue weighted by atomic mass is 9.78. The van der Waals surface area contributed by atoms with Gasteiger partial charge in [-0.05, 0) is 38.9 Å². The van der Waals surface area contributed by atoms with Crippen molar-refractivity contribution in [2.45, 2.75) is 31.7 Å². The van der Waals surface area contributed by atoms with Crippen molar-refractivity contribution in [3.63, 3.8) is 0 Å². The fourth-order valence-corrected chi connectivity index (χ4v) is 3.34. The van der Waals surface area contributed by atoms with Crippen LogP contribution in [-0.2, 0) is 4.79 Å². The first kappa shape index (κ1) is 7.74. The van der Waals surface area contributed by atoms with E-state index in [-0.39, 0.29) is 0 Å². The predicted molar refractivity (Wildman–Crippen MR) is 50.4 cm³/mol. The summed E-state index contributed by atoms with van der Waals surface area (Å²) in [4.78, 5) is 13.8. The normalized spacial score (nSPS) is 43.6. The monoisotopic (exact) mass is 177 g/mol. The average Bonchev–Trinajstić information content (AvgIpc) is 2.49. The maximum atomic E-state index is 11.3. The number of carbonyl (C=O) groups is 1. The van der Waals surface area contributed by atoms with E-state index in [1.54, 1.807) is 0 Å². The highest BCUT2D eigenvalue weighted by Gasteiger charge is 2.51. The van der Waals surface area contributed by atoms with Gasteiger partial charge in [0.25, 0.3) is 0 Å². The molecule has 2 fully saturated rings. The van der Waals surface area contributed by atoms with Gasteiger partial charge in [0.2, 0.25) is 0 Å². The maximum absolute atomic E-state index is 11.3. The minimum absolute atomic E-state index is 0.328. The molecule has 2 heteroatoms. The number of nitrogens with zero attached hydrogens (tertiary/aromatic N) is 1. The molecular formula is C11H15NO. The molecule has 2 bridgehead atoms. The van der Waals surface area contributed by atoms with Crippen molar-refractivity contribution < 1.29 is 4.79 Å². The molecule has 0 aromatic carbocycles.